The molecule has 1 amide bonds. The molecule has 1 saturated heterocycles. The minimum atomic E-state index is -0.736. The number of amides is 1. The molecule has 1 aliphatic rings. The van der Waals surface area contributed by atoms with Gasteiger partial charge < -0.3 is 15.0 Å². The number of nitrogens with one attached hydrogen (secondary N) is 1. The van der Waals surface area contributed by atoms with Crippen molar-refractivity contribution in [2.45, 2.75) is 19.3 Å². The highest BCUT2D eigenvalue weighted by Crippen LogP contribution is 2.38. The smallest absolute Gasteiger partial charge is 0.229 e. The van der Waals surface area contributed by atoms with E-state index in [2.05, 4.69) is 15.2 Å². The van der Waals surface area contributed by atoms with Gasteiger partial charge in [-0.2, -0.15) is 0 Å². The average molecular weight is 374 g/mol. The van der Waals surface area contributed by atoms with Gasteiger partial charge in [0.25, 0.3) is 0 Å². The molecule has 5 nitrogen and oxygen atoms in total. The number of pyridine rings is 1. The third-order valence-electron chi connectivity index (χ3n) is 4.86. The fraction of sp³-hybridized carbons (Fsp3) is 0.400. The number of carbonyl (C=O) groups excluding carboxylic acids is 1. The Morgan fingerprint density at radius 2 is 1.92 bits per heavy atom. The number of hydrogen-bond acceptors (Lipinski definition) is 4. The highest BCUT2D eigenvalue weighted by molar-refractivity contribution is 6.33. The van der Waals surface area contributed by atoms with Gasteiger partial charge in [-0.25, -0.2) is 4.98 Å². The molecule has 0 saturated carbocycles. The lowest BCUT2D eigenvalue weighted by Crippen LogP contribution is -2.39. The van der Waals surface area contributed by atoms with Crippen molar-refractivity contribution < 1.29 is 9.53 Å². The number of morpholine rings is 1. The molecule has 1 aromatic heterocycles. The maximum absolute atomic E-state index is 12.5. The van der Waals surface area contributed by atoms with Crippen LogP contribution in [-0.4, -0.2) is 44.2 Å². The number of rotatable bonds is 4. The summed E-state index contributed by atoms with van der Waals surface area (Å²) in [5.41, 5.74) is 1.94. The van der Waals surface area contributed by atoms with Crippen LogP contribution in [-0.2, 0) is 14.9 Å². The Kier molecular flexibility index (Phi) is 5.49. The summed E-state index contributed by atoms with van der Waals surface area (Å²) in [6.07, 6.45) is 1.80. The third kappa shape index (κ3) is 3.55. The molecule has 26 heavy (non-hydrogen) atoms. The molecule has 0 bridgehead atoms. The molecule has 0 spiro atoms. The highest BCUT2D eigenvalue weighted by Gasteiger charge is 2.33. The Morgan fingerprint density at radius 3 is 2.58 bits per heavy atom. The molecular formula is C20H24ClN3O2. The molecule has 1 N–H and O–H groups in total. The van der Waals surface area contributed by atoms with Gasteiger partial charge in [0.2, 0.25) is 5.91 Å². The van der Waals surface area contributed by atoms with Gasteiger partial charge in [0.05, 0.1) is 18.6 Å². The van der Waals surface area contributed by atoms with Gasteiger partial charge in [0, 0.05) is 36.9 Å². The predicted octanol–water partition coefficient (Wildman–Crippen LogP) is 3.26. The standard InChI is InChI=1S/C20H24ClN3O2/c1-20(2,19(25)22-3)16-13-23-18(24-8-10-26-11-9-24)12-15(16)14-6-4-5-7-17(14)21/h4-7,12-13H,8-11H2,1-3H3,(H,22,25). The number of halogens is 1. The summed E-state index contributed by atoms with van der Waals surface area (Å²) in [5.74, 6) is 0.811. The van der Waals surface area contributed by atoms with Gasteiger partial charge in [-0.05, 0) is 37.1 Å². The fourth-order valence-electron chi connectivity index (χ4n) is 3.25. The van der Waals surface area contributed by atoms with Crippen molar-refractivity contribution in [3.05, 3.63) is 47.1 Å². The predicted molar refractivity (Wildman–Crippen MR) is 105 cm³/mol. The van der Waals surface area contributed by atoms with Crippen LogP contribution in [0.4, 0.5) is 5.82 Å². The number of benzene rings is 1. The van der Waals surface area contributed by atoms with Crippen molar-refractivity contribution in [2.75, 3.05) is 38.3 Å². The van der Waals surface area contributed by atoms with Crippen molar-refractivity contribution in [3.63, 3.8) is 0 Å². The molecular weight excluding hydrogens is 350 g/mol. The molecule has 0 aliphatic carbocycles. The minimum Gasteiger partial charge on any atom is -0.378 e. The Labute approximate surface area is 159 Å². The molecule has 1 fully saturated rings. The lowest BCUT2D eigenvalue weighted by atomic mass is 9.80. The van der Waals surface area contributed by atoms with E-state index in [1.165, 1.54) is 0 Å². The first-order valence-electron chi connectivity index (χ1n) is 8.75. The summed E-state index contributed by atoms with van der Waals surface area (Å²) in [4.78, 5) is 19.3. The normalized spacial score (nSPS) is 15.0. The van der Waals surface area contributed by atoms with Crippen LogP contribution < -0.4 is 10.2 Å². The van der Waals surface area contributed by atoms with E-state index in [9.17, 15) is 4.79 Å². The number of ether oxygens (including phenoxy) is 1. The van der Waals surface area contributed by atoms with Gasteiger partial charge in [-0.1, -0.05) is 29.8 Å². The van der Waals surface area contributed by atoms with Crippen LogP contribution in [0.1, 0.15) is 19.4 Å². The number of carbonyl (C=O) groups is 1. The van der Waals surface area contributed by atoms with Crippen LogP contribution in [0.25, 0.3) is 11.1 Å². The summed E-state index contributed by atoms with van der Waals surface area (Å²) in [7, 11) is 1.65. The second-order valence-electron chi connectivity index (χ2n) is 6.87. The first-order chi connectivity index (χ1) is 12.4. The van der Waals surface area contributed by atoms with E-state index in [1.807, 2.05) is 44.2 Å². The summed E-state index contributed by atoms with van der Waals surface area (Å²) < 4.78 is 5.44. The minimum absolute atomic E-state index is 0.0632. The van der Waals surface area contributed by atoms with Gasteiger partial charge in [0.1, 0.15) is 5.82 Å². The maximum Gasteiger partial charge on any atom is 0.229 e. The van der Waals surface area contributed by atoms with Crippen LogP contribution in [0.5, 0.6) is 0 Å². The second kappa shape index (κ2) is 7.64. The van der Waals surface area contributed by atoms with E-state index in [1.54, 1.807) is 13.2 Å². The molecule has 2 aromatic rings. The van der Waals surface area contributed by atoms with Gasteiger partial charge in [-0.15, -0.1) is 0 Å². The van der Waals surface area contributed by atoms with Crippen LogP contribution in [0, 0.1) is 0 Å². The van der Waals surface area contributed by atoms with Crippen molar-refractivity contribution in [2.24, 2.45) is 0 Å². The SMILES string of the molecule is CNC(=O)C(C)(C)c1cnc(N2CCOCC2)cc1-c1ccccc1Cl. The van der Waals surface area contributed by atoms with Crippen molar-refractivity contribution in [3.8, 4) is 11.1 Å². The first kappa shape index (κ1) is 18.7. The van der Waals surface area contributed by atoms with Crippen molar-refractivity contribution >= 4 is 23.3 Å². The second-order valence-corrected chi connectivity index (χ2v) is 7.28. The van der Waals surface area contributed by atoms with E-state index >= 15 is 0 Å². The molecule has 1 aliphatic heterocycles. The molecule has 6 heteroatoms. The third-order valence-corrected chi connectivity index (χ3v) is 5.19. The summed E-state index contributed by atoms with van der Waals surface area (Å²) in [5, 5.41) is 3.40. The van der Waals surface area contributed by atoms with E-state index in [4.69, 9.17) is 16.3 Å². The van der Waals surface area contributed by atoms with E-state index in [0.29, 0.717) is 18.2 Å². The Bertz CT molecular complexity index is 801. The fourth-order valence-corrected chi connectivity index (χ4v) is 3.48. The van der Waals surface area contributed by atoms with Gasteiger partial charge in [0.15, 0.2) is 0 Å². The molecule has 138 valence electrons. The lowest BCUT2D eigenvalue weighted by molar-refractivity contribution is -0.125. The van der Waals surface area contributed by atoms with Crippen molar-refractivity contribution in [1.29, 1.82) is 0 Å². The zero-order chi connectivity index (χ0) is 18.7. The Hall–Kier alpha value is -2.11. The van der Waals surface area contributed by atoms with Crippen molar-refractivity contribution in [1.82, 2.24) is 10.3 Å². The number of nitrogens with zero attached hydrogens (tertiary/aromatic N) is 2. The summed E-state index contributed by atoms with van der Waals surface area (Å²) in [6.45, 7) is 6.78. The highest BCUT2D eigenvalue weighted by atomic mass is 35.5. The zero-order valence-corrected chi connectivity index (χ0v) is 16.1. The largest absolute Gasteiger partial charge is 0.378 e. The summed E-state index contributed by atoms with van der Waals surface area (Å²) in [6, 6.07) is 9.73. The van der Waals surface area contributed by atoms with E-state index in [0.717, 1.165) is 35.6 Å². The molecule has 3 rings (SSSR count). The van der Waals surface area contributed by atoms with Crippen LogP contribution >= 0.6 is 11.6 Å². The van der Waals surface area contributed by atoms with Gasteiger partial charge in [-0.3, -0.25) is 4.79 Å². The molecule has 2 heterocycles. The summed E-state index contributed by atoms with van der Waals surface area (Å²) >= 11 is 6.48. The van der Waals surface area contributed by atoms with Crippen LogP contribution in [0.15, 0.2) is 36.5 Å². The number of anilines is 1. The van der Waals surface area contributed by atoms with E-state index in [-0.39, 0.29) is 5.91 Å². The number of likely N-dealkylation sites (N-methyl/N-ethyl adjacent to an activating group) is 1. The Morgan fingerprint density at radius 1 is 1.23 bits per heavy atom. The molecule has 0 atom stereocenters. The maximum atomic E-state index is 12.5. The van der Waals surface area contributed by atoms with Crippen LogP contribution in [0.3, 0.4) is 0 Å². The van der Waals surface area contributed by atoms with Gasteiger partial charge >= 0.3 is 0 Å². The zero-order valence-electron chi connectivity index (χ0n) is 15.4. The lowest BCUT2D eigenvalue weighted by Gasteiger charge is -2.30. The van der Waals surface area contributed by atoms with E-state index < -0.39 is 5.41 Å². The van der Waals surface area contributed by atoms with Crippen LogP contribution in [0.2, 0.25) is 5.02 Å². The Balaban J connectivity index is 2.15. The monoisotopic (exact) mass is 373 g/mol. The average Bonchev–Trinajstić information content (AvgIpc) is 2.68. The number of hydrogen-bond donors (Lipinski definition) is 1. The first-order valence-corrected chi connectivity index (χ1v) is 9.13. The molecule has 0 radical (unpaired) electrons. The molecule has 0 unspecified atom stereocenters. The quantitative estimate of drug-likeness (QED) is 0.893. The molecule has 1 aromatic carbocycles. The topological polar surface area (TPSA) is 54.5 Å². The number of aromatic nitrogens is 1.